The average Bonchev–Trinajstić information content (AvgIpc) is 3.03. The van der Waals surface area contributed by atoms with Crippen molar-refractivity contribution in [3.05, 3.63) is 57.0 Å². The maximum atomic E-state index is 13.6. The van der Waals surface area contributed by atoms with E-state index in [1.807, 2.05) is 24.4 Å². The second-order valence-corrected chi connectivity index (χ2v) is 6.23. The predicted octanol–water partition coefficient (Wildman–Crippen LogP) is 3.50. The third-order valence-electron chi connectivity index (χ3n) is 3.09. The molecule has 2 aromatic rings. The Balaban J connectivity index is 1.81. The van der Waals surface area contributed by atoms with Crippen LogP contribution in [0.15, 0.2) is 35.7 Å². The summed E-state index contributed by atoms with van der Waals surface area (Å²) < 4.78 is 18.4. The number of thiophene rings is 1. The van der Waals surface area contributed by atoms with E-state index in [1.165, 1.54) is 29.5 Å². The van der Waals surface area contributed by atoms with Gasteiger partial charge in [0.1, 0.15) is 5.82 Å². The maximum Gasteiger partial charge on any atom is 0.310 e. The molecule has 1 heterocycles. The molecule has 0 spiro atoms. The van der Waals surface area contributed by atoms with Crippen LogP contribution >= 0.6 is 22.9 Å². The van der Waals surface area contributed by atoms with Crippen molar-refractivity contribution in [2.45, 2.75) is 19.4 Å². The Bertz CT molecular complexity index is 670. The lowest BCUT2D eigenvalue weighted by Gasteiger charge is -2.12. The molecule has 0 fully saturated rings. The molecule has 0 aliphatic carbocycles. The summed E-state index contributed by atoms with van der Waals surface area (Å²) in [4.78, 5) is 24.5. The molecular formula is C16H15ClFNO3S. The number of ether oxygens (including phenoxy) is 1. The summed E-state index contributed by atoms with van der Waals surface area (Å²) in [6.45, 7) is 1.42. The molecule has 0 aliphatic heterocycles. The molecule has 1 aromatic heterocycles. The van der Waals surface area contributed by atoms with Gasteiger partial charge in [0.2, 0.25) is 0 Å². The van der Waals surface area contributed by atoms with Crippen molar-refractivity contribution >= 4 is 34.8 Å². The van der Waals surface area contributed by atoms with Crippen LogP contribution in [0.4, 0.5) is 4.39 Å². The van der Waals surface area contributed by atoms with Crippen molar-refractivity contribution in [1.29, 1.82) is 0 Å². The van der Waals surface area contributed by atoms with Crippen LogP contribution < -0.4 is 5.32 Å². The molecule has 1 aromatic carbocycles. The molecule has 0 bridgehead atoms. The van der Waals surface area contributed by atoms with Crippen molar-refractivity contribution in [1.82, 2.24) is 5.32 Å². The van der Waals surface area contributed by atoms with Gasteiger partial charge in [0.25, 0.3) is 5.91 Å². The Morgan fingerprint density at radius 3 is 2.78 bits per heavy atom. The molecule has 1 amide bonds. The molecule has 2 rings (SSSR count). The molecule has 122 valence electrons. The first kappa shape index (κ1) is 17.4. The predicted molar refractivity (Wildman–Crippen MR) is 86.9 cm³/mol. The van der Waals surface area contributed by atoms with Crippen LogP contribution in [-0.4, -0.2) is 18.5 Å². The fourth-order valence-electron chi connectivity index (χ4n) is 1.93. The smallest absolute Gasteiger partial charge is 0.310 e. The lowest BCUT2D eigenvalue weighted by molar-refractivity contribution is -0.148. The topological polar surface area (TPSA) is 55.4 Å². The number of carbonyl (C=O) groups is 2. The van der Waals surface area contributed by atoms with E-state index < -0.39 is 24.3 Å². The van der Waals surface area contributed by atoms with Crippen LogP contribution in [0.3, 0.4) is 0 Å². The Labute approximate surface area is 142 Å². The average molecular weight is 356 g/mol. The van der Waals surface area contributed by atoms with E-state index >= 15 is 0 Å². The first-order chi connectivity index (χ1) is 11.0. The third-order valence-corrected chi connectivity index (χ3v) is 4.50. The minimum atomic E-state index is -0.712. The van der Waals surface area contributed by atoms with Crippen LogP contribution in [0.1, 0.15) is 23.4 Å². The van der Waals surface area contributed by atoms with Gasteiger partial charge in [-0.25, -0.2) is 4.39 Å². The summed E-state index contributed by atoms with van der Waals surface area (Å²) in [5.41, 5.74) is 0.0616. The van der Waals surface area contributed by atoms with E-state index in [4.69, 9.17) is 16.3 Å². The largest absolute Gasteiger partial charge is 0.455 e. The van der Waals surface area contributed by atoms with E-state index in [-0.39, 0.29) is 23.0 Å². The number of amides is 1. The van der Waals surface area contributed by atoms with Gasteiger partial charge in [0.15, 0.2) is 6.61 Å². The van der Waals surface area contributed by atoms with Gasteiger partial charge in [-0.3, -0.25) is 9.59 Å². The van der Waals surface area contributed by atoms with Crippen molar-refractivity contribution in [2.24, 2.45) is 0 Å². The number of benzene rings is 1. The molecule has 1 atom stereocenters. The highest BCUT2D eigenvalue weighted by Crippen LogP contribution is 2.20. The molecule has 0 saturated carbocycles. The summed E-state index contributed by atoms with van der Waals surface area (Å²) in [5.74, 6) is -1.71. The summed E-state index contributed by atoms with van der Waals surface area (Å²) >= 11 is 7.36. The number of rotatable bonds is 6. The molecule has 7 heteroatoms. The molecule has 0 saturated heterocycles. The Hall–Kier alpha value is -1.92. The fourth-order valence-corrected chi connectivity index (χ4v) is 2.90. The maximum absolute atomic E-state index is 13.6. The lowest BCUT2D eigenvalue weighted by atomic mass is 10.1. The van der Waals surface area contributed by atoms with Crippen molar-refractivity contribution in [2.75, 3.05) is 6.61 Å². The van der Waals surface area contributed by atoms with E-state index in [0.29, 0.717) is 0 Å². The minimum Gasteiger partial charge on any atom is -0.455 e. The highest BCUT2D eigenvalue weighted by molar-refractivity contribution is 7.10. The molecule has 23 heavy (non-hydrogen) atoms. The zero-order valence-corrected chi connectivity index (χ0v) is 13.9. The second-order valence-electron chi connectivity index (χ2n) is 4.84. The number of nitrogens with one attached hydrogen (secondary N) is 1. The first-order valence-electron chi connectivity index (χ1n) is 6.88. The summed E-state index contributed by atoms with van der Waals surface area (Å²) in [7, 11) is 0. The number of hydrogen-bond donors (Lipinski definition) is 1. The number of esters is 1. The molecular weight excluding hydrogens is 341 g/mol. The van der Waals surface area contributed by atoms with Crippen LogP contribution in [0.25, 0.3) is 0 Å². The first-order valence-corrected chi connectivity index (χ1v) is 8.14. The van der Waals surface area contributed by atoms with E-state index in [1.54, 1.807) is 0 Å². The zero-order valence-electron chi connectivity index (χ0n) is 12.3. The zero-order chi connectivity index (χ0) is 16.8. The highest BCUT2D eigenvalue weighted by atomic mass is 35.5. The van der Waals surface area contributed by atoms with Gasteiger partial charge in [0.05, 0.1) is 12.5 Å². The van der Waals surface area contributed by atoms with Crippen LogP contribution in [-0.2, 0) is 20.7 Å². The van der Waals surface area contributed by atoms with E-state index in [0.717, 1.165) is 4.88 Å². The number of halogens is 2. The number of hydrogen-bond acceptors (Lipinski definition) is 4. The number of carbonyl (C=O) groups excluding carboxylic acids is 2. The van der Waals surface area contributed by atoms with Gasteiger partial charge >= 0.3 is 5.97 Å². The monoisotopic (exact) mass is 355 g/mol. The van der Waals surface area contributed by atoms with Gasteiger partial charge in [-0.15, -0.1) is 11.3 Å². The van der Waals surface area contributed by atoms with Crippen LogP contribution in [0.2, 0.25) is 5.02 Å². The highest BCUT2D eigenvalue weighted by Gasteiger charge is 2.15. The summed E-state index contributed by atoms with van der Waals surface area (Å²) in [5, 5.41) is 4.78. The normalized spacial score (nSPS) is 11.8. The van der Waals surface area contributed by atoms with Gasteiger partial charge < -0.3 is 10.1 Å². The van der Waals surface area contributed by atoms with Crippen LogP contribution in [0, 0.1) is 5.82 Å². The van der Waals surface area contributed by atoms with Crippen LogP contribution in [0.5, 0.6) is 0 Å². The molecule has 1 N–H and O–H groups in total. The molecule has 0 aliphatic rings. The standard InChI is InChI=1S/C16H15ClFNO3S/c1-10(14-6-3-7-23-14)19-15(20)9-22-16(21)8-11-12(17)4-2-5-13(11)18/h2-7,10H,8-9H2,1H3,(H,19,20)/t10-/m1/s1. The lowest BCUT2D eigenvalue weighted by Crippen LogP contribution is -2.31. The fraction of sp³-hybridized carbons (Fsp3) is 0.250. The van der Waals surface area contributed by atoms with Gasteiger partial charge in [-0.05, 0) is 30.5 Å². The minimum absolute atomic E-state index is 0.0616. The Kier molecular flexibility index (Phi) is 6.12. The molecule has 4 nitrogen and oxygen atoms in total. The van der Waals surface area contributed by atoms with E-state index in [9.17, 15) is 14.0 Å². The van der Waals surface area contributed by atoms with E-state index in [2.05, 4.69) is 5.32 Å². The van der Waals surface area contributed by atoms with Gasteiger partial charge in [0, 0.05) is 15.5 Å². The van der Waals surface area contributed by atoms with Crippen molar-refractivity contribution in [3.63, 3.8) is 0 Å². The van der Waals surface area contributed by atoms with Gasteiger partial charge in [-0.1, -0.05) is 23.7 Å². The summed E-state index contributed by atoms with van der Waals surface area (Å²) in [6.07, 6.45) is -0.320. The van der Waals surface area contributed by atoms with Crippen molar-refractivity contribution in [3.8, 4) is 0 Å². The quantitative estimate of drug-likeness (QED) is 0.807. The summed E-state index contributed by atoms with van der Waals surface area (Å²) in [6, 6.07) is 7.78. The SMILES string of the molecule is C[C@@H](NC(=O)COC(=O)Cc1c(F)cccc1Cl)c1cccs1. The Morgan fingerprint density at radius 2 is 2.13 bits per heavy atom. The van der Waals surface area contributed by atoms with Gasteiger partial charge in [-0.2, -0.15) is 0 Å². The third kappa shape index (κ3) is 5.04. The Morgan fingerprint density at radius 1 is 1.35 bits per heavy atom. The molecule has 0 radical (unpaired) electrons. The second kappa shape index (κ2) is 8.08. The molecule has 0 unspecified atom stereocenters. The van der Waals surface area contributed by atoms with Crippen molar-refractivity contribution < 1.29 is 18.7 Å².